The van der Waals surface area contributed by atoms with Gasteiger partial charge in [0.15, 0.2) is 0 Å². The van der Waals surface area contributed by atoms with Crippen LogP contribution in [-0.4, -0.2) is 6.71 Å². The van der Waals surface area contributed by atoms with Gasteiger partial charge in [-0.3, -0.25) is 0 Å². The second-order valence-corrected chi connectivity index (χ2v) is 23.3. The molecule has 5 heteroatoms. The molecule has 0 saturated carbocycles. The lowest BCUT2D eigenvalue weighted by molar-refractivity contribution is 0.590. The number of nitrogens with zero attached hydrogens (tertiary/aromatic N) is 2. The van der Waals surface area contributed by atoms with Crippen LogP contribution in [0.25, 0.3) is 43.3 Å². The highest BCUT2D eigenvalue weighted by molar-refractivity contribution is 7.33. The van der Waals surface area contributed by atoms with Crippen LogP contribution < -0.4 is 25.7 Å². The van der Waals surface area contributed by atoms with Gasteiger partial charge in [0, 0.05) is 53.8 Å². The average Bonchev–Trinajstić information content (AvgIpc) is 3.97. The van der Waals surface area contributed by atoms with Crippen molar-refractivity contribution in [3.05, 3.63) is 173 Å². The van der Waals surface area contributed by atoms with Crippen molar-refractivity contribution in [2.45, 2.75) is 90.9 Å². The molecule has 4 heterocycles. The Morgan fingerprint density at radius 1 is 0.492 bits per heavy atom. The Hall–Kier alpha value is -6.30. The lowest BCUT2D eigenvalue weighted by Gasteiger charge is -2.41. The van der Waals surface area contributed by atoms with Gasteiger partial charge in [0.2, 0.25) is 0 Å². The fourth-order valence-corrected chi connectivity index (χ4v) is 13.4. The van der Waals surface area contributed by atoms with E-state index in [-0.39, 0.29) is 28.4 Å². The number of furan rings is 1. The lowest BCUT2D eigenvalue weighted by atomic mass is 9.38. The van der Waals surface area contributed by atoms with Gasteiger partial charge >= 0.3 is 6.71 Å². The topological polar surface area (TPSA) is 19.6 Å². The summed E-state index contributed by atoms with van der Waals surface area (Å²) in [6.45, 7) is 23.2. The molecule has 0 amide bonds. The lowest BCUT2D eigenvalue weighted by Crippen LogP contribution is -2.60. The molecule has 2 aliphatic carbocycles. The van der Waals surface area contributed by atoms with Gasteiger partial charge in [-0.25, -0.2) is 0 Å². The van der Waals surface area contributed by atoms with E-state index in [1.54, 1.807) is 0 Å². The van der Waals surface area contributed by atoms with Crippen molar-refractivity contribution in [1.29, 1.82) is 0 Å². The fourth-order valence-electron chi connectivity index (χ4n) is 12.1. The van der Waals surface area contributed by atoms with Gasteiger partial charge in [-0.15, -0.1) is 11.3 Å². The summed E-state index contributed by atoms with van der Waals surface area (Å²) in [4.78, 5) is 5.10. The average molecular weight is 861 g/mol. The SMILES string of the molecule is CC(C)(C)c1ccc(N2c3cccc4c3B(c3oc5cc6c(cc5c32)-c2ccccc2C6(C)C)c2sc3cc5c(cc3c2N4c2ccc(C(C)(C)C)cc2)-c2ccccc2C5(C)C)cc1. The molecule has 0 fully saturated rings. The fraction of sp³-hybridized carbons (Fsp3) is 0.233. The first-order chi connectivity index (χ1) is 31.0. The van der Waals surface area contributed by atoms with E-state index in [1.165, 1.54) is 98.7 Å². The predicted molar refractivity (Wildman–Crippen MR) is 278 cm³/mol. The van der Waals surface area contributed by atoms with E-state index in [4.69, 9.17) is 4.42 Å². The third-order valence-electron chi connectivity index (χ3n) is 15.6. The van der Waals surface area contributed by atoms with Gasteiger partial charge in [-0.2, -0.15) is 0 Å². The van der Waals surface area contributed by atoms with Crippen LogP contribution in [0.1, 0.15) is 103 Å². The first-order valence-corrected chi connectivity index (χ1v) is 24.2. The predicted octanol–water partition coefficient (Wildman–Crippen LogP) is 14.9. The third-order valence-corrected chi connectivity index (χ3v) is 16.8. The highest BCUT2D eigenvalue weighted by Gasteiger charge is 2.49. The smallest absolute Gasteiger partial charge is 0.309 e. The summed E-state index contributed by atoms with van der Waals surface area (Å²) < 4.78 is 10.2. The summed E-state index contributed by atoms with van der Waals surface area (Å²) in [5.41, 5.74) is 23.6. The molecule has 4 aliphatic rings. The Kier molecular flexibility index (Phi) is 7.66. The molecule has 2 aliphatic heterocycles. The summed E-state index contributed by atoms with van der Waals surface area (Å²) in [5.74, 6) is 0. The van der Waals surface area contributed by atoms with Gasteiger partial charge in [0.25, 0.3) is 0 Å². The van der Waals surface area contributed by atoms with Crippen LogP contribution in [0.2, 0.25) is 0 Å². The third kappa shape index (κ3) is 5.19. The molecule has 0 atom stereocenters. The van der Waals surface area contributed by atoms with Gasteiger partial charge < -0.3 is 14.2 Å². The minimum atomic E-state index is -0.147. The molecule has 3 nitrogen and oxygen atoms in total. The summed E-state index contributed by atoms with van der Waals surface area (Å²) in [6.07, 6.45) is 0. The van der Waals surface area contributed by atoms with Crippen molar-refractivity contribution in [2.24, 2.45) is 0 Å². The minimum Gasteiger partial charge on any atom is -0.468 e. The van der Waals surface area contributed by atoms with Gasteiger partial charge in [0.1, 0.15) is 11.2 Å². The summed E-state index contributed by atoms with van der Waals surface area (Å²) in [5, 5.41) is 2.45. The monoisotopic (exact) mass is 860 g/mol. The van der Waals surface area contributed by atoms with E-state index in [1.807, 2.05) is 11.3 Å². The largest absolute Gasteiger partial charge is 0.468 e. The Balaban J connectivity index is 1.13. The number of hydrogen-bond donors (Lipinski definition) is 0. The molecule has 0 unspecified atom stereocenters. The molecule has 9 aromatic rings. The normalized spacial score (nSPS) is 16.0. The maximum Gasteiger partial charge on any atom is 0.309 e. The molecule has 0 bridgehead atoms. The first-order valence-electron chi connectivity index (χ1n) is 23.4. The quantitative estimate of drug-likeness (QED) is 0.161. The van der Waals surface area contributed by atoms with Crippen molar-refractivity contribution >= 4 is 89.1 Å². The second kappa shape index (κ2) is 12.7. The van der Waals surface area contributed by atoms with Gasteiger partial charge in [-0.1, -0.05) is 148 Å². The minimum absolute atomic E-state index is 0.0315. The molecule has 7 aromatic carbocycles. The Labute approximate surface area is 387 Å². The first kappa shape index (κ1) is 39.1. The van der Waals surface area contributed by atoms with Crippen molar-refractivity contribution in [2.75, 3.05) is 9.80 Å². The second-order valence-electron chi connectivity index (χ2n) is 22.2. The van der Waals surface area contributed by atoms with E-state index in [9.17, 15) is 0 Å². The van der Waals surface area contributed by atoms with Gasteiger partial charge in [0.05, 0.1) is 11.4 Å². The zero-order chi connectivity index (χ0) is 44.7. The van der Waals surface area contributed by atoms with Gasteiger partial charge in [-0.05, 0) is 133 Å². The highest BCUT2D eigenvalue weighted by atomic mass is 32.1. The van der Waals surface area contributed by atoms with E-state index in [0.29, 0.717) is 0 Å². The number of benzene rings is 7. The van der Waals surface area contributed by atoms with Crippen molar-refractivity contribution < 1.29 is 4.42 Å². The summed E-state index contributed by atoms with van der Waals surface area (Å²) in [6, 6.07) is 53.5. The van der Waals surface area contributed by atoms with Crippen LogP contribution in [0, 0.1) is 0 Å². The number of hydrogen-bond acceptors (Lipinski definition) is 4. The number of thiophene rings is 1. The van der Waals surface area contributed by atoms with E-state index >= 15 is 0 Å². The molecule has 13 rings (SSSR count). The highest BCUT2D eigenvalue weighted by Crippen LogP contribution is 2.56. The Morgan fingerprint density at radius 3 is 1.52 bits per heavy atom. The van der Waals surface area contributed by atoms with Crippen LogP contribution in [0.3, 0.4) is 0 Å². The molecule has 0 N–H and O–H groups in total. The van der Waals surface area contributed by atoms with Crippen LogP contribution in [0.4, 0.5) is 34.1 Å². The molecule has 2 aromatic heterocycles. The van der Waals surface area contributed by atoms with Crippen molar-refractivity contribution in [1.82, 2.24) is 0 Å². The van der Waals surface area contributed by atoms with Crippen molar-refractivity contribution in [3.63, 3.8) is 0 Å². The number of rotatable bonds is 2. The van der Waals surface area contributed by atoms with E-state index in [2.05, 4.69) is 219 Å². The number of anilines is 6. The van der Waals surface area contributed by atoms with E-state index in [0.717, 1.165) is 28.0 Å². The van der Waals surface area contributed by atoms with Crippen molar-refractivity contribution in [3.8, 4) is 22.3 Å². The number of fused-ring (bicyclic) bond motifs is 14. The van der Waals surface area contributed by atoms with Crippen LogP contribution in [-0.2, 0) is 21.7 Å². The molecule has 65 heavy (non-hydrogen) atoms. The Bertz CT molecular complexity index is 3290. The molecular weight excluding hydrogens is 808 g/mol. The summed E-state index contributed by atoms with van der Waals surface area (Å²) >= 11 is 1.96. The molecule has 318 valence electrons. The zero-order valence-corrected chi connectivity index (χ0v) is 39.9. The molecule has 0 saturated heterocycles. The van der Waals surface area contributed by atoms with Crippen LogP contribution >= 0.6 is 11.3 Å². The zero-order valence-electron chi connectivity index (χ0n) is 39.1. The standard InChI is InChI=1S/C60H53BN2OS/c1-57(2,3)34-22-26-36(27-23-34)62-48-20-15-21-49-52(48)61(55-53(62)42-30-40-38-16-11-13-18-44(38)59(7,8)46(40)32-50(42)64-55)56-54(63(49)37-28-24-35(25-29-37)58(4,5)6)43-31-41-39-17-12-14-19-45(39)60(9,10)47(41)33-51(43)65-56/h11-33H,1-10H3. The molecular formula is C60H53BN2OS. The maximum atomic E-state index is 7.54. The van der Waals surface area contributed by atoms with Crippen LogP contribution in [0.5, 0.6) is 0 Å². The van der Waals surface area contributed by atoms with Crippen LogP contribution in [0.15, 0.2) is 144 Å². The Morgan fingerprint density at radius 2 is 0.985 bits per heavy atom. The molecule has 0 radical (unpaired) electrons. The summed E-state index contributed by atoms with van der Waals surface area (Å²) in [7, 11) is 0. The molecule has 0 spiro atoms. The van der Waals surface area contributed by atoms with E-state index < -0.39 is 0 Å². The maximum absolute atomic E-state index is 7.54.